The normalized spacial score (nSPS) is 9.44. The summed E-state index contributed by atoms with van der Waals surface area (Å²) in [5, 5.41) is 11.5. The van der Waals surface area contributed by atoms with Crippen molar-refractivity contribution in [1.29, 1.82) is 0 Å². The zero-order valence-electron chi connectivity index (χ0n) is 18.5. The number of hydrogen-bond acceptors (Lipinski definition) is 1. The zero-order chi connectivity index (χ0) is 19.0. The minimum Gasteiger partial charge on any atom is -0.481 e. The van der Waals surface area contributed by atoms with Crippen molar-refractivity contribution >= 4 is 33.6 Å². The van der Waals surface area contributed by atoms with Gasteiger partial charge in [-0.25, -0.2) is 0 Å². The standard InChI is InChI=1S/C18H36O2.2C2H5.Al.ClH.Co.H/c1-2-3-4-5-6-7-8-9-10-11-12-13-14-15-16-17-18(19)20;2*1-2;;;;/h2-17H2,1H3,(H,19,20);2*1H2,2H3;;1H;;. The van der Waals surface area contributed by atoms with Crippen molar-refractivity contribution in [1.82, 2.24) is 0 Å². The first-order valence-electron chi connectivity index (χ1n) is 11.4. The van der Waals surface area contributed by atoms with Crippen molar-refractivity contribution in [2.75, 3.05) is 0 Å². The molecule has 0 aliphatic rings. The molecule has 0 bridgehead atoms. The smallest absolute Gasteiger partial charge is 0.303 e. The van der Waals surface area contributed by atoms with Crippen LogP contribution in [0.15, 0.2) is 0 Å². The second-order valence-electron chi connectivity index (χ2n) is 7.45. The number of carboxylic acids is 1. The second kappa shape index (κ2) is 34.3. The van der Waals surface area contributed by atoms with E-state index in [2.05, 4.69) is 20.8 Å². The quantitative estimate of drug-likeness (QED) is 0.164. The summed E-state index contributed by atoms with van der Waals surface area (Å²) in [7, 11) is 0. The molecular formula is C22H48AlClCoO2. The summed E-state index contributed by atoms with van der Waals surface area (Å²) in [6.07, 6.45) is 20.2. The molecule has 0 aliphatic carbocycles. The summed E-state index contributed by atoms with van der Waals surface area (Å²) in [6, 6.07) is 0. The van der Waals surface area contributed by atoms with Crippen molar-refractivity contribution in [2.45, 2.75) is 134 Å². The van der Waals surface area contributed by atoms with Gasteiger partial charge in [0.15, 0.2) is 0 Å². The molecule has 2 nitrogen and oxygen atoms in total. The van der Waals surface area contributed by atoms with Crippen LogP contribution in [0.3, 0.4) is 0 Å². The maximum atomic E-state index is 10.3. The number of hydrogen-bond donors (Lipinski definition) is 1. The first kappa shape index (κ1) is 35.2. The minimum atomic E-state index is -0.653. The van der Waals surface area contributed by atoms with Gasteiger partial charge in [0.1, 0.15) is 0 Å². The molecule has 0 unspecified atom stereocenters. The van der Waals surface area contributed by atoms with E-state index in [0.29, 0.717) is 21.6 Å². The Morgan fingerprint density at radius 1 is 0.630 bits per heavy atom. The van der Waals surface area contributed by atoms with E-state index in [-0.39, 0.29) is 29.2 Å². The Balaban J connectivity index is -0.000000333. The Labute approximate surface area is 193 Å². The molecule has 0 spiro atoms. The Hall–Kier alpha value is 0.799. The van der Waals surface area contributed by atoms with E-state index in [0.717, 1.165) is 12.8 Å². The minimum absolute atomic E-state index is 0. The molecule has 0 aromatic carbocycles. The molecule has 0 fully saturated rings. The Morgan fingerprint density at radius 2 is 0.926 bits per heavy atom. The van der Waals surface area contributed by atoms with Gasteiger partial charge in [-0.3, -0.25) is 4.79 Å². The van der Waals surface area contributed by atoms with Gasteiger partial charge in [0.05, 0.1) is 0 Å². The van der Waals surface area contributed by atoms with Crippen LogP contribution in [0.5, 0.6) is 0 Å². The molecule has 27 heavy (non-hydrogen) atoms. The van der Waals surface area contributed by atoms with Gasteiger partial charge < -0.3 is 5.11 Å². The molecule has 1 N–H and O–H groups in total. The molecule has 1 radical (unpaired) electrons. The molecule has 0 aromatic heterocycles. The molecule has 0 heterocycles. The second-order valence-corrected chi connectivity index (χ2v) is 10.2. The van der Waals surface area contributed by atoms with Crippen molar-refractivity contribution in [2.24, 2.45) is 0 Å². The van der Waals surface area contributed by atoms with Gasteiger partial charge in [-0.05, 0) is 6.42 Å². The Bertz CT molecular complexity index is 254. The third-order valence-corrected chi connectivity index (χ3v) is 6.12. The number of rotatable bonds is 18. The van der Waals surface area contributed by atoms with E-state index < -0.39 is 5.97 Å². The van der Waals surface area contributed by atoms with Crippen LogP contribution in [-0.2, 0) is 21.6 Å². The fraction of sp³-hybridized carbons (Fsp3) is 0.955. The van der Waals surface area contributed by atoms with Crippen molar-refractivity contribution in [3.63, 3.8) is 0 Å². The topological polar surface area (TPSA) is 37.3 Å². The van der Waals surface area contributed by atoms with Crippen LogP contribution < -0.4 is 0 Å². The average molecular weight is 466 g/mol. The number of carbonyl (C=O) groups is 1. The summed E-state index contributed by atoms with van der Waals surface area (Å²) in [6.45, 7) is 6.82. The molecule has 0 aliphatic heterocycles. The molecule has 5 heteroatoms. The SMILES string of the molecule is CCCCCCCCCCCCCCCCCC(=O)O.C[CH2][AlH][CH2]C.Cl.[Co]. The van der Waals surface area contributed by atoms with E-state index in [4.69, 9.17) is 5.11 Å². The maximum absolute atomic E-state index is 10.3. The average Bonchev–Trinajstić information content (AvgIpc) is 2.59. The fourth-order valence-corrected chi connectivity index (χ4v) is 3.71. The molecule has 0 rings (SSSR count). The summed E-state index contributed by atoms with van der Waals surface area (Å²) >= 11 is 0.432. The van der Waals surface area contributed by atoms with E-state index in [9.17, 15) is 4.79 Å². The largest absolute Gasteiger partial charge is 0.481 e. The number of unbranched alkanes of at least 4 members (excludes halogenated alkanes) is 14. The summed E-state index contributed by atoms with van der Waals surface area (Å²) in [5.74, 6) is -0.653. The fourth-order valence-electron chi connectivity index (χ4n) is 3.00. The first-order chi connectivity index (χ1) is 12.2. The Kier molecular flexibility index (Phi) is 44.8. The maximum Gasteiger partial charge on any atom is 0.303 e. The summed E-state index contributed by atoms with van der Waals surface area (Å²) < 4.78 is 0. The molecule has 0 saturated carbocycles. The number of carboxylic acid groups (broad SMARTS) is 1. The molecule has 0 amide bonds. The van der Waals surface area contributed by atoms with Crippen LogP contribution >= 0.6 is 12.4 Å². The van der Waals surface area contributed by atoms with Crippen LogP contribution in [0, 0.1) is 0 Å². The third-order valence-electron chi connectivity index (χ3n) is 4.70. The van der Waals surface area contributed by atoms with Gasteiger partial charge in [-0.2, -0.15) is 0 Å². The van der Waals surface area contributed by atoms with Gasteiger partial charge in [-0.15, -0.1) is 23.0 Å². The van der Waals surface area contributed by atoms with Crippen LogP contribution in [-0.4, -0.2) is 26.3 Å². The van der Waals surface area contributed by atoms with Crippen LogP contribution in [0.25, 0.3) is 0 Å². The van der Waals surface area contributed by atoms with E-state index in [1.54, 1.807) is 0 Å². The van der Waals surface area contributed by atoms with Gasteiger partial charge in [-0.1, -0.05) is 111 Å². The molecule has 0 saturated heterocycles. The number of aliphatic carboxylic acids is 1. The van der Waals surface area contributed by atoms with Gasteiger partial charge in [0, 0.05) is 23.2 Å². The molecule has 0 atom stereocenters. The van der Waals surface area contributed by atoms with Crippen LogP contribution in [0.2, 0.25) is 10.6 Å². The van der Waals surface area contributed by atoms with E-state index >= 15 is 0 Å². The molecule has 167 valence electrons. The van der Waals surface area contributed by atoms with Gasteiger partial charge in [0.2, 0.25) is 15.2 Å². The van der Waals surface area contributed by atoms with Crippen LogP contribution in [0.4, 0.5) is 0 Å². The van der Waals surface area contributed by atoms with Crippen LogP contribution in [0.1, 0.15) is 124 Å². The van der Waals surface area contributed by atoms with Crippen molar-refractivity contribution in [3.8, 4) is 0 Å². The van der Waals surface area contributed by atoms with Gasteiger partial charge >= 0.3 is 5.97 Å². The van der Waals surface area contributed by atoms with E-state index in [1.165, 1.54) is 94.0 Å². The zero-order valence-corrected chi connectivity index (χ0v) is 21.8. The number of halogens is 1. The summed E-state index contributed by atoms with van der Waals surface area (Å²) in [5.41, 5.74) is 0. The predicted molar refractivity (Wildman–Crippen MR) is 123 cm³/mol. The third kappa shape index (κ3) is 42.0. The monoisotopic (exact) mass is 465 g/mol. The summed E-state index contributed by atoms with van der Waals surface area (Å²) in [4.78, 5) is 10.3. The van der Waals surface area contributed by atoms with Crippen molar-refractivity contribution in [3.05, 3.63) is 0 Å². The van der Waals surface area contributed by atoms with Gasteiger partial charge in [0.25, 0.3) is 0 Å². The molecule has 0 aromatic rings. The molecular weight excluding hydrogens is 418 g/mol. The van der Waals surface area contributed by atoms with E-state index in [1.807, 2.05) is 0 Å². The Morgan fingerprint density at radius 3 is 1.15 bits per heavy atom. The predicted octanol–water partition coefficient (Wildman–Crippen LogP) is 8.05. The first-order valence-corrected chi connectivity index (χ1v) is 13.4. The van der Waals surface area contributed by atoms with Crippen molar-refractivity contribution < 1.29 is 26.7 Å².